The predicted octanol–water partition coefficient (Wildman–Crippen LogP) is 1.48. The van der Waals surface area contributed by atoms with Gasteiger partial charge in [-0.1, -0.05) is 12.2 Å². The largest absolute Gasteiger partial charge is 0.345 e. The molecule has 0 spiro atoms. The fraction of sp³-hybridized carbons (Fsp3) is 0.278. The SMILES string of the molecule is CN(C)C(=O)/C=C/C1=CN=CC(Nc2nccc(C(=O)N(C)C)n2)=CC1. The minimum atomic E-state index is -0.196. The number of allylic oxidation sites excluding steroid dienone is 4. The number of hydrogen-bond acceptors (Lipinski definition) is 6. The third kappa shape index (κ3) is 5.37. The first kappa shape index (κ1) is 19.0. The highest BCUT2D eigenvalue weighted by Crippen LogP contribution is 2.12. The Morgan fingerprint density at radius 3 is 2.65 bits per heavy atom. The van der Waals surface area contributed by atoms with Crippen molar-refractivity contribution in [2.24, 2.45) is 4.99 Å². The Bertz CT molecular complexity index is 806. The molecule has 26 heavy (non-hydrogen) atoms. The number of amides is 2. The number of carbonyl (C=O) groups is 2. The van der Waals surface area contributed by atoms with Crippen LogP contribution in [-0.2, 0) is 4.79 Å². The Kier molecular flexibility index (Phi) is 6.37. The van der Waals surface area contributed by atoms with E-state index in [4.69, 9.17) is 0 Å². The van der Waals surface area contributed by atoms with Gasteiger partial charge in [-0.05, 0) is 18.1 Å². The highest BCUT2D eigenvalue weighted by atomic mass is 16.2. The molecule has 2 amide bonds. The summed E-state index contributed by atoms with van der Waals surface area (Å²) in [5.41, 5.74) is 1.91. The summed E-state index contributed by atoms with van der Waals surface area (Å²) in [4.78, 5) is 39.1. The molecule has 1 aliphatic rings. The maximum atomic E-state index is 12.0. The second-order valence-corrected chi connectivity index (χ2v) is 6.00. The van der Waals surface area contributed by atoms with Gasteiger partial charge in [0.25, 0.3) is 5.91 Å². The van der Waals surface area contributed by atoms with Crippen LogP contribution in [0.5, 0.6) is 0 Å². The average Bonchev–Trinajstić information content (AvgIpc) is 2.84. The number of rotatable bonds is 5. The number of carbonyl (C=O) groups excluding carboxylic acids is 2. The molecule has 0 saturated heterocycles. The molecule has 1 aliphatic heterocycles. The van der Waals surface area contributed by atoms with Gasteiger partial charge in [-0.3, -0.25) is 14.6 Å². The molecular weight excluding hydrogens is 332 g/mol. The highest BCUT2D eigenvalue weighted by Gasteiger charge is 2.11. The summed E-state index contributed by atoms with van der Waals surface area (Å²) in [7, 11) is 6.73. The Labute approximate surface area is 152 Å². The molecule has 8 heteroatoms. The second kappa shape index (κ2) is 8.70. The number of nitrogens with one attached hydrogen (secondary N) is 1. The molecule has 0 aromatic carbocycles. The van der Waals surface area contributed by atoms with Crippen LogP contribution in [0.1, 0.15) is 16.9 Å². The summed E-state index contributed by atoms with van der Waals surface area (Å²) in [6, 6.07) is 1.56. The second-order valence-electron chi connectivity index (χ2n) is 6.00. The lowest BCUT2D eigenvalue weighted by Gasteiger charge is -2.10. The van der Waals surface area contributed by atoms with Crippen LogP contribution in [-0.4, -0.2) is 66.0 Å². The molecule has 0 fully saturated rings. The first-order valence-electron chi connectivity index (χ1n) is 8.00. The Hall–Kier alpha value is -3.29. The zero-order chi connectivity index (χ0) is 19.1. The fourth-order valence-corrected chi connectivity index (χ4v) is 1.96. The van der Waals surface area contributed by atoms with Crippen LogP contribution in [0.15, 0.2) is 53.0 Å². The molecule has 0 atom stereocenters. The standard InChI is InChI=1S/C18H22N6O2/c1-23(2)16(25)8-6-13-5-7-14(12-19-11-13)21-18-20-10-9-15(22-18)17(26)24(3)4/h6-12H,5H2,1-4H3,(H,20,21,22)/b8-6+. The maximum Gasteiger partial charge on any atom is 0.272 e. The Morgan fingerprint density at radius 1 is 1.19 bits per heavy atom. The molecule has 1 N–H and O–H groups in total. The van der Waals surface area contributed by atoms with E-state index in [1.807, 2.05) is 6.08 Å². The quantitative estimate of drug-likeness (QED) is 0.809. The van der Waals surface area contributed by atoms with Gasteiger partial charge < -0.3 is 15.1 Å². The van der Waals surface area contributed by atoms with E-state index in [1.165, 1.54) is 22.1 Å². The normalized spacial score (nSPS) is 13.7. The van der Waals surface area contributed by atoms with Crippen molar-refractivity contribution in [2.45, 2.75) is 6.42 Å². The van der Waals surface area contributed by atoms with E-state index in [1.54, 1.807) is 52.7 Å². The first-order chi connectivity index (χ1) is 12.4. The molecule has 1 aromatic heterocycles. The topological polar surface area (TPSA) is 90.8 Å². The van der Waals surface area contributed by atoms with Crippen molar-refractivity contribution < 1.29 is 9.59 Å². The summed E-state index contributed by atoms with van der Waals surface area (Å²) >= 11 is 0. The lowest BCUT2D eigenvalue weighted by atomic mass is 10.1. The van der Waals surface area contributed by atoms with Gasteiger partial charge in [-0.2, -0.15) is 0 Å². The van der Waals surface area contributed by atoms with Crippen molar-refractivity contribution in [1.82, 2.24) is 19.8 Å². The van der Waals surface area contributed by atoms with E-state index in [9.17, 15) is 9.59 Å². The fourth-order valence-electron chi connectivity index (χ4n) is 1.96. The minimum Gasteiger partial charge on any atom is -0.345 e. The molecular formula is C18H22N6O2. The van der Waals surface area contributed by atoms with E-state index >= 15 is 0 Å². The number of aromatic nitrogens is 2. The van der Waals surface area contributed by atoms with Crippen LogP contribution in [0.2, 0.25) is 0 Å². The number of likely N-dealkylation sites (N-methyl/N-ethyl adjacent to an activating group) is 1. The molecule has 8 nitrogen and oxygen atoms in total. The van der Waals surface area contributed by atoms with Crippen LogP contribution < -0.4 is 5.32 Å². The van der Waals surface area contributed by atoms with Crippen LogP contribution in [0.25, 0.3) is 0 Å². The summed E-state index contributed by atoms with van der Waals surface area (Å²) in [6.07, 6.45) is 10.6. The van der Waals surface area contributed by atoms with Crippen molar-refractivity contribution >= 4 is 24.0 Å². The van der Waals surface area contributed by atoms with Crippen molar-refractivity contribution in [2.75, 3.05) is 33.5 Å². The molecule has 2 heterocycles. The van der Waals surface area contributed by atoms with Crippen LogP contribution >= 0.6 is 0 Å². The minimum absolute atomic E-state index is 0.0859. The average molecular weight is 354 g/mol. The Morgan fingerprint density at radius 2 is 1.96 bits per heavy atom. The molecule has 0 unspecified atom stereocenters. The molecule has 136 valence electrons. The van der Waals surface area contributed by atoms with Gasteiger partial charge in [0.15, 0.2) is 0 Å². The van der Waals surface area contributed by atoms with E-state index in [2.05, 4.69) is 20.3 Å². The summed E-state index contributed by atoms with van der Waals surface area (Å²) in [6.45, 7) is 0. The van der Waals surface area contributed by atoms with Crippen molar-refractivity contribution in [3.63, 3.8) is 0 Å². The van der Waals surface area contributed by atoms with Crippen LogP contribution in [0.4, 0.5) is 5.95 Å². The lowest BCUT2D eigenvalue weighted by molar-refractivity contribution is -0.123. The number of aliphatic imine (C=N–C) groups is 1. The molecule has 2 rings (SSSR count). The van der Waals surface area contributed by atoms with Gasteiger partial charge >= 0.3 is 0 Å². The summed E-state index contributed by atoms with van der Waals surface area (Å²) in [5, 5.41) is 3.04. The van der Waals surface area contributed by atoms with E-state index in [0.29, 0.717) is 23.8 Å². The number of nitrogens with zero attached hydrogens (tertiary/aromatic N) is 5. The third-order valence-electron chi connectivity index (χ3n) is 3.43. The first-order valence-corrected chi connectivity index (χ1v) is 8.00. The lowest BCUT2D eigenvalue weighted by Crippen LogP contribution is -2.23. The predicted molar refractivity (Wildman–Crippen MR) is 101 cm³/mol. The van der Waals surface area contributed by atoms with Crippen molar-refractivity contribution in [1.29, 1.82) is 0 Å². The summed E-state index contributed by atoms with van der Waals surface area (Å²) < 4.78 is 0. The zero-order valence-electron chi connectivity index (χ0n) is 15.3. The smallest absolute Gasteiger partial charge is 0.272 e. The van der Waals surface area contributed by atoms with Crippen molar-refractivity contribution in [3.05, 3.63) is 53.7 Å². The Balaban J connectivity index is 2.05. The van der Waals surface area contributed by atoms with Gasteiger partial charge in [0.1, 0.15) is 5.69 Å². The van der Waals surface area contributed by atoms with Crippen molar-refractivity contribution in [3.8, 4) is 0 Å². The molecule has 0 radical (unpaired) electrons. The van der Waals surface area contributed by atoms with E-state index in [-0.39, 0.29) is 11.8 Å². The zero-order valence-corrected chi connectivity index (χ0v) is 15.3. The van der Waals surface area contributed by atoms with E-state index in [0.717, 1.165) is 5.57 Å². The molecule has 1 aromatic rings. The molecule has 0 saturated carbocycles. The number of hydrogen-bond donors (Lipinski definition) is 1. The third-order valence-corrected chi connectivity index (χ3v) is 3.43. The van der Waals surface area contributed by atoms with Gasteiger partial charge in [-0.15, -0.1) is 0 Å². The van der Waals surface area contributed by atoms with Gasteiger partial charge in [0.05, 0.1) is 11.9 Å². The molecule has 0 aliphatic carbocycles. The van der Waals surface area contributed by atoms with Gasteiger partial charge in [0.2, 0.25) is 11.9 Å². The van der Waals surface area contributed by atoms with Gasteiger partial charge in [-0.25, -0.2) is 9.97 Å². The number of anilines is 1. The summed E-state index contributed by atoms with van der Waals surface area (Å²) in [5.74, 6) is 0.0352. The maximum absolute atomic E-state index is 12.0. The monoisotopic (exact) mass is 354 g/mol. The highest BCUT2D eigenvalue weighted by molar-refractivity contribution is 5.92. The van der Waals surface area contributed by atoms with Gasteiger partial charge in [0, 0.05) is 46.7 Å². The molecule has 0 bridgehead atoms. The van der Waals surface area contributed by atoms with Crippen LogP contribution in [0, 0.1) is 0 Å². The van der Waals surface area contributed by atoms with E-state index < -0.39 is 0 Å². The van der Waals surface area contributed by atoms with Crippen LogP contribution in [0.3, 0.4) is 0 Å².